The number of nitrogens with one attached hydrogen (secondary N) is 1. The molecule has 12 nitrogen and oxygen atoms in total. The molecule has 0 unspecified atom stereocenters. The first-order valence-electron chi connectivity index (χ1n) is 8.73. The van der Waals surface area contributed by atoms with E-state index >= 15 is 0 Å². The molecule has 0 saturated carbocycles. The third kappa shape index (κ3) is 4.99. The van der Waals surface area contributed by atoms with E-state index in [1.807, 2.05) is 11.0 Å². The van der Waals surface area contributed by atoms with Crippen molar-refractivity contribution in [1.29, 1.82) is 0 Å². The number of carbonyl (C=O) groups excluding carboxylic acids is 1. The highest BCUT2D eigenvalue weighted by Gasteiger charge is 2.20. The van der Waals surface area contributed by atoms with E-state index in [1.54, 1.807) is 6.92 Å². The number of hydrogen-bond donors (Lipinski definition) is 1. The molecule has 0 aliphatic carbocycles. The second-order valence-corrected chi connectivity index (χ2v) is 6.32. The molecule has 1 aromatic heterocycles. The quantitative estimate of drug-likeness (QED) is 0.557. The summed E-state index contributed by atoms with van der Waals surface area (Å²) in [5.74, 6) is 0.380. The summed E-state index contributed by atoms with van der Waals surface area (Å²) < 4.78 is 5.32. The molecule has 1 aliphatic heterocycles. The van der Waals surface area contributed by atoms with Crippen LogP contribution in [0.15, 0.2) is 24.3 Å². The maximum absolute atomic E-state index is 12.4. The van der Waals surface area contributed by atoms with Gasteiger partial charge >= 0.3 is 0 Å². The molecule has 2 aromatic rings. The van der Waals surface area contributed by atoms with E-state index < -0.39 is 27.1 Å². The van der Waals surface area contributed by atoms with Crippen molar-refractivity contribution in [2.24, 2.45) is 0 Å². The highest BCUT2D eigenvalue weighted by molar-refractivity contribution is 5.95. The van der Waals surface area contributed by atoms with Gasteiger partial charge in [0.25, 0.3) is 17.3 Å². The van der Waals surface area contributed by atoms with E-state index in [1.165, 1.54) is 0 Å². The first kappa shape index (κ1) is 20.1. The molecule has 2 heterocycles. The van der Waals surface area contributed by atoms with Crippen molar-refractivity contribution >= 4 is 23.1 Å². The Balaban J connectivity index is 1.76. The van der Waals surface area contributed by atoms with Gasteiger partial charge in [-0.1, -0.05) is 0 Å². The number of anilines is 1. The van der Waals surface area contributed by atoms with Gasteiger partial charge in [-0.05, 0) is 6.92 Å². The zero-order valence-electron chi connectivity index (χ0n) is 15.5. The normalized spacial score (nSPS) is 13.8. The van der Waals surface area contributed by atoms with Gasteiger partial charge in [0.15, 0.2) is 0 Å². The van der Waals surface area contributed by atoms with Crippen LogP contribution in [0, 0.1) is 27.2 Å². The lowest BCUT2D eigenvalue weighted by atomic mass is 10.1. The highest BCUT2D eigenvalue weighted by Crippen LogP contribution is 2.22. The minimum atomic E-state index is -0.790. The van der Waals surface area contributed by atoms with Crippen LogP contribution >= 0.6 is 0 Å². The predicted octanol–water partition coefficient (Wildman–Crippen LogP) is 1.37. The van der Waals surface area contributed by atoms with Crippen LogP contribution in [0.5, 0.6) is 0 Å². The second-order valence-electron chi connectivity index (χ2n) is 6.32. The predicted molar refractivity (Wildman–Crippen MR) is 101 cm³/mol. The Morgan fingerprint density at radius 3 is 2.31 bits per heavy atom. The van der Waals surface area contributed by atoms with E-state index in [4.69, 9.17) is 4.74 Å². The molecule has 0 atom stereocenters. The number of aryl methyl sites for hydroxylation is 1. The van der Waals surface area contributed by atoms with Crippen LogP contribution in [-0.4, -0.2) is 52.0 Å². The Morgan fingerprint density at radius 1 is 1.10 bits per heavy atom. The Hall–Kier alpha value is -3.67. The molecule has 1 amide bonds. The van der Waals surface area contributed by atoms with Crippen LogP contribution < -0.4 is 10.2 Å². The third-order valence-electron chi connectivity index (χ3n) is 4.22. The van der Waals surface area contributed by atoms with Gasteiger partial charge < -0.3 is 15.0 Å². The SMILES string of the molecule is Cc1cc(N2CCOCC2)nc(CNC(=O)c2cc([N+](=O)[O-])cc([N+](=O)[O-])c2)n1. The van der Waals surface area contributed by atoms with Crippen LogP contribution in [0.3, 0.4) is 0 Å². The zero-order valence-corrected chi connectivity index (χ0v) is 15.5. The Morgan fingerprint density at radius 2 is 1.72 bits per heavy atom. The largest absolute Gasteiger partial charge is 0.378 e. The molecule has 29 heavy (non-hydrogen) atoms. The van der Waals surface area contributed by atoms with E-state index in [-0.39, 0.29) is 12.1 Å². The zero-order chi connectivity index (χ0) is 21.0. The smallest absolute Gasteiger partial charge is 0.277 e. The molecule has 1 aliphatic rings. The standard InChI is InChI=1S/C17H18N6O6/c1-11-6-16(21-2-4-29-5-3-21)20-15(19-11)10-18-17(24)12-7-13(22(25)26)9-14(8-12)23(27)28/h6-9H,2-5,10H2,1H3,(H,18,24). The fourth-order valence-electron chi connectivity index (χ4n) is 2.84. The van der Waals surface area contributed by atoms with Gasteiger partial charge in [-0.2, -0.15) is 0 Å². The molecule has 3 rings (SSSR count). The lowest BCUT2D eigenvalue weighted by molar-refractivity contribution is -0.394. The molecule has 152 valence electrons. The summed E-state index contributed by atoms with van der Waals surface area (Å²) in [4.78, 5) is 43.5. The third-order valence-corrected chi connectivity index (χ3v) is 4.22. The van der Waals surface area contributed by atoms with Crippen molar-refractivity contribution in [2.45, 2.75) is 13.5 Å². The number of morpholine rings is 1. The fourth-order valence-corrected chi connectivity index (χ4v) is 2.84. The maximum atomic E-state index is 12.4. The summed E-state index contributed by atoms with van der Waals surface area (Å²) in [7, 11) is 0. The number of nitro benzene ring substituents is 2. The number of carbonyl (C=O) groups is 1. The minimum Gasteiger partial charge on any atom is -0.378 e. The number of ether oxygens (including phenoxy) is 1. The number of non-ortho nitro benzene ring substituents is 2. The number of rotatable bonds is 6. The van der Waals surface area contributed by atoms with Crippen LogP contribution in [-0.2, 0) is 11.3 Å². The Labute approximate surface area is 164 Å². The van der Waals surface area contributed by atoms with Gasteiger partial charge in [0, 0.05) is 37.0 Å². The Bertz CT molecular complexity index is 927. The average molecular weight is 402 g/mol. The summed E-state index contributed by atoms with van der Waals surface area (Å²) in [6, 6.07) is 4.60. The van der Waals surface area contributed by atoms with Crippen LogP contribution in [0.2, 0.25) is 0 Å². The molecular formula is C17H18N6O6. The van der Waals surface area contributed by atoms with Gasteiger partial charge in [-0.15, -0.1) is 0 Å². The van der Waals surface area contributed by atoms with Crippen molar-refractivity contribution in [2.75, 3.05) is 31.2 Å². The van der Waals surface area contributed by atoms with Gasteiger partial charge in [0.2, 0.25) is 0 Å². The van der Waals surface area contributed by atoms with E-state index in [2.05, 4.69) is 15.3 Å². The van der Waals surface area contributed by atoms with Crippen molar-refractivity contribution in [3.05, 3.63) is 61.6 Å². The lowest BCUT2D eigenvalue weighted by Crippen LogP contribution is -2.37. The average Bonchev–Trinajstić information content (AvgIpc) is 2.71. The Kier molecular flexibility index (Phi) is 5.93. The van der Waals surface area contributed by atoms with Gasteiger partial charge in [-0.3, -0.25) is 25.0 Å². The minimum absolute atomic E-state index is 0.0334. The van der Waals surface area contributed by atoms with Crippen LogP contribution in [0.25, 0.3) is 0 Å². The molecule has 0 bridgehead atoms. The topological polar surface area (TPSA) is 154 Å². The van der Waals surface area contributed by atoms with E-state index in [0.29, 0.717) is 32.1 Å². The molecule has 0 spiro atoms. The number of nitro groups is 2. The van der Waals surface area contributed by atoms with Crippen molar-refractivity contribution in [3.8, 4) is 0 Å². The monoisotopic (exact) mass is 402 g/mol. The first-order valence-corrected chi connectivity index (χ1v) is 8.73. The molecule has 1 saturated heterocycles. The number of hydrogen-bond acceptors (Lipinski definition) is 9. The number of amides is 1. The van der Waals surface area contributed by atoms with Gasteiger partial charge in [0.05, 0.1) is 41.2 Å². The van der Waals surface area contributed by atoms with Crippen molar-refractivity contribution in [1.82, 2.24) is 15.3 Å². The number of aromatic nitrogens is 2. The molecular weight excluding hydrogens is 384 g/mol. The molecule has 0 radical (unpaired) electrons. The molecule has 12 heteroatoms. The molecule has 1 N–H and O–H groups in total. The van der Waals surface area contributed by atoms with Crippen LogP contribution in [0.4, 0.5) is 17.2 Å². The summed E-state index contributed by atoms with van der Waals surface area (Å²) in [5, 5.41) is 24.5. The highest BCUT2D eigenvalue weighted by atomic mass is 16.6. The fraction of sp³-hybridized carbons (Fsp3) is 0.353. The molecule has 1 fully saturated rings. The maximum Gasteiger partial charge on any atom is 0.277 e. The summed E-state index contributed by atoms with van der Waals surface area (Å²) in [6.07, 6.45) is 0. The van der Waals surface area contributed by atoms with Gasteiger partial charge in [-0.25, -0.2) is 9.97 Å². The summed E-state index contributed by atoms with van der Waals surface area (Å²) in [5.41, 5.74) is -0.541. The number of nitrogens with zero attached hydrogens (tertiary/aromatic N) is 5. The van der Waals surface area contributed by atoms with Crippen molar-refractivity contribution in [3.63, 3.8) is 0 Å². The number of benzene rings is 1. The molecule has 1 aromatic carbocycles. The van der Waals surface area contributed by atoms with Gasteiger partial charge in [0.1, 0.15) is 11.6 Å². The first-order chi connectivity index (χ1) is 13.8. The van der Waals surface area contributed by atoms with E-state index in [9.17, 15) is 25.0 Å². The second kappa shape index (κ2) is 8.56. The summed E-state index contributed by atoms with van der Waals surface area (Å²) >= 11 is 0. The summed E-state index contributed by atoms with van der Waals surface area (Å²) in [6.45, 7) is 4.36. The van der Waals surface area contributed by atoms with Crippen molar-refractivity contribution < 1.29 is 19.4 Å². The van der Waals surface area contributed by atoms with E-state index in [0.717, 1.165) is 29.7 Å². The lowest BCUT2D eigenvalue weighted by Gasteiger charge is -2.28. The van der Waals surface area contributed by atoms with Crippen LogP contribution in [0.1, 0.15) is 21.9 Å².